The minimum absolute atomic E-state index is 0.319. The summed E-state index contributed by atoms with van der Waals surface area (Å²) in [6, 6.07) is 0.375. The lowest BCUT2D eigenvalue weighted by Crippen LogP contribution is -2.40. The van der Waals surface area contributed by atoms with E-state index in [2.05, 4.69) is 30.9 Å². The number of rotatable bonds is 3. The predicted molar refractivity (Wildman–Crippen MR) is 69.6 cm³/mol. The Morgan fingerprint density at radius 2 is 1.65 bits per heavy atom. The summed E-state index contributed by atoms with van der Waals surface area (Å²) in [6.45, 7) is 7.23. The Morgan fingerprint density at radius 1 is 1.12 bits per heavy atom. The van der Waals surface area contributed by atoms with Gasteiger partial charge in [-0.05, 0) is 42.4 Å². The average Bonchev–Trinajstić information content (AvgIpc) is 2.77. The van der Waals surface area contributed by atoms with Crippen molar-refractivity contribution in [2.24, 2.45) is 29.6 Å². The summed E-state index contributed by atoms with van der Waals surface area (Å²) in [5.41, 5.74) is 0. The normalized spacial score (nSPS) is 42.1. The number of hydrogen-bond acceptors (Lipinski definition) is 2. The number of hydrogen-bond donors (Lipinski definition) is 1. The van der Waals surface area contributed by atoms with Crippen LogP contribution in [0.5, 0.6) is 0 Å². The van der Waals surface area contributed by atoms with Crippen LogP contribution in [0.25, 0.3) is 0 Å². The molecule has 1 heterocycles. The molecule has 0 aromatic carbocycles. The summed E-state index contributed by atoms with van der Waals surface area (Å²) in [5.74, 6) is 3.99. The monoisotopic (exact) mass is 235 g/mol. The van der Waals surface area contributed by atoms with Gasteiger partial charge in [-0.25, -0.2) is 0 Å². The first kappa shape index (κ1) is 11.7. The molecule has 0 amide bonds. The molecule has 96 valence electrons. The molecule has 1 N–H and O–H groups in total. The van der Waals surface area contributed by atoms with Crippen LogP contribution in [0.3, 0.4) is 0 Å². The van der Waals surface area contributed by atoms with Crippen LogP contribution in [0, 0.1) is 29.6 Å². The largest absolute Gasteiger partial charge is 0.395 e. The fourth-order valence-electron chi connectivity index (χ4n) is 4.39. The highest BCUT2D eigenvalue weighted by Crippen LogP contribution is 2.48. The van der Waals surface area contributed by atoms with Gasteiger partial charge in [0.15, 0.2) is 0 Å². The number of allylic oxidation sites excluding steroid dienone is 2. The molecule has 0 spiro atoms. The summed E-state index contributed by atoms with van der Waals surface area (Å²) < 4.78 is 0. The third-order valence-electron chi connectivity index (χ3n) is 5.40. The minimum atomic E-state index is 0.319. The molecule has 0 radical (unpaired) electrons. The fourth-order valence-corrected chi connectivity index (χ4v) is 4.39. The van der Waals surface area contributed by atoms with Gasteiger partial charge in [-0.15, -0.1) is 0 Å². The van der Waals surface area contributed by atoms with Crippen LogP contribution in [0.4, 0.5) is 0 Å². The Bertz CT molecular complexity index is 290. The smallest absolute Gasteiger partial charge is 0.0589 e. The molecule has 0 aromatic rings. The maximum atomic E-state index is 9.58. The molecule has 5 unspecified atom stereocenters. The highest BCUT2D eigenvalue weighted by molar-refractivity contribution is 5.13. The van der Waals surface area contributed by atoms with Gasteiger partial charge in [0, 0.05) is 19.1 Å². The number of likely N-dealkylation sites (tertiary alicyclic amines) is 1. The second kappa shape index (κ2) is 4.40. The number of aliphatic hydroxyl groups is 1. The second-order valence-corrected chi connectivity index (χ2v) is 6.57. The molecule has 0 aromatic heterocycles. The SMILES string of the molecule is CC(C)C(CO)N1CC2C3C=CC(CC3)C2C1. The maximum absolute atomic E-state index is 9.58. The van der Waals surface area contributed by atoms with E-state index in [-0.39, 0.29) is 0 Å². The molecular formula is C15H25NO. The summed E-state index contributed by atoms with van der Waals surface area (Å²) in [5, 5.41) is 9.58. The lowest BCUT2D eigenvalue weighted by Gasteiger charge is -2.40. The first-order valence-electron chi connectivity index (χ1n) is 7.24. The van der Waals surface area contributed by atoms with E-state index >= 15 is 0 Å². The molecule has 1 aliphatic heterocycles. The van der Waals surface area contributed by atoms with Crippen molar-refractivity contribution in [2.45, 2.75) is 32.7 Å². The van der Waals surface area contributed by atoms with Gasteiger partial charge in [-0.2, -0.15) is 0 Å². The van der Waals surface area contributed by atoms with Crippen LogP contribution < -0.4 is 0 Å². The Morgan fingerprint density at radius 3 is 2.00 bits per heavy atom. The van der Waals surface area contributed by atoms with Crippen LogP contribution in [-0.4, -0.2) is 35.7 Å². The van der Waals surface area contributed by atoms with Crippen molar-refractivity contribution in [1.29, 1.82) is 0 Å². The topological polar surface area (TPSA) is 23.5 Å². The fraction of sp³-hybridized carbons (Fsp3) is 0.867. The van der Waals surface area contributed by atoms with E-state index in [0.29, 0.717) is 18.6 Å². The van der Waals surface area contributed by atoms with Crippen molar-refractivity contribution in [2.75, 3.05) is 19.7 Å². The molecule has 4 rings (SSSR count). The van der Waals surface area contributed by atoms with Gasteiger partial charge in [0.1, 0.15) is 0 Å². The van der Waals surface area contributed by atoms with Gasteiger partial charge in [0.05, 0.1) is 6.61 Å². The van der Waals surface area contributed by atoms with E-state index < -0.39 is 0 Å². The maximum Gasteiger partial charge on any atom is 0.0589 e. The lowest BCUT2D eigenvalue weighted by atomic mass is 9.64. The lowest BCUT2D eigenvalue weighted by molar-refractivity contribution is 0.106. The molecule has 2 heteroatoms. The summed E-state index contributed by atoms with van der Waals surface area (Å²) >= 11 is 0. The molecule has 2 bridgehead atoms. The molecule has 1 saturated carbocycles. The minimum Gasteiger partial charge on any atom is -0.395 e. The molecular weight excluding hydrogens is 210 g/mol. The van der Waals surface area contributed by atoms with Crippen molar-refractivity contribution in [3.63, 3.8) is 0 Å². The third kappa shape index (κ3) is 1.86. The number of fused-ring (bicyclic) bond motifs is 1. The van der Waals surface area contributed by atoms with Gasteiger partial charge >= 0.3 is 0 Å². The van der Waals surface area contributed by atoms with Crippen LogP contribution in [0.1, 0.15) is 26.7 Å². The first-order chi connectivity index (χ1) is 8.20. The molecule has 1 saturated heterocycles. The Hall–Kier alpha value is -0.340. The van der Waals surface area contributed by atoms with Crippen LogP contribution in [-0.2, 0) is 0 Å². The summed E-state index contributed by atoms with van der Waals surface area (Å²) in [7, 11) is 0. The van der Waals surface area contributed by atoms with Gasteiger partial charge in [-0.1, -0.05) is 26.0 Å². The first-order valence-corrected chi connectivity index (χ1v) is 7.24. The van der Waals surface area contributed by atoms with E-state index in [4.69, 9.17) is 0 Å². The van der Waals surface area contributed by atoms with Gasteiger partial charge in [0.25, 0.3) is 0 Å². The van der Waals surface area contributed by atoms with Crippen LogP contribution in [0.15, 0.2) is 12.2 Å². The van der Waals surface area contributed by atoms with Crippen molar-refractivity contribution in [3.8, 4) is 0 Å². The number of aliphatic hydroxyl groups excluding tert-OH is 1. The van der Waals surface area contributed by atoms with Gasteiger partial charge in [-0.3, -0.25) is 4.90 Å². The highest BCUT2D eigenvalue weighted by Gasteiger charge is 2.47. The average molecular weight is 235 g/mol. The van der Waals surface area contributed by atoms with E-state index in [1.54, 1.807) is 0 Å². The van der Waals surface area contributed by atoms with Crippen LogP contribution in [0.2, 0.25) is 0 Å². The van der Waals surface area contributed by atoms with E-state index in [1.165, 1.54) is 25.9 Å². The zero-order valence-corrected chi connectivity index (χ0v) is 11.0. The van der Waals surface area contributed by atoms with Crippen molar-refractivity contribution in [1.82, 2.24) is 4.90 Å². The molecule has 5 atom stereocenters. The highest BCUT2D eigenvalue weighted by atomic mass is 16.3. The van der Waals surface area contributed by atoms with E-state index in [1.807, 2.05) is 0 Å². The standard InChI is InChI=1S/C15H25NO/c1-10(2)15(9-17)16-7-13-11-3-4-12(6-5-11)14(13)8-16/h3-4,10-15,17H,5-9H2,1-2H3. The van der Waals surface area contributed by atoms with Crippen molar-refractivity contribution in [3.05, 3.63) is 12.2 Å². The van der Waals surface area contributed by atoms with Gasteiger partial charge < -0.3 is 5.11 Å². The predicted octanol–water partition coefficient (Wildman–Crippen LogP) is 2.15. The zero-order valence-electron chi connectivity index (χ0n) is 11.0. The molecule has 2 nitrogen and oxygen atoms in total. The molecule has 3 aliphatic carbocycles. The molecule has 4 aliphatic rings. The zero-order chi connectivity index (χ0) is 12.0. The quantitative estimate of drug-likeness (QED) is 0.758. The van der Waals surface area contributed by atoms with Gasteiger partial charge in [0.2, 0.25) is 0 Å². The summed E-state index contributed by atoms with van der Waals surface area (Å²) in [6.07, 6.45) is 7.76. The third-order valence-corrected chi connectivity index (χ3v) is 5.40. The van der Waals surface area contributed by atoms with E-state index in [9.17, 15) is 5.11 Å². The Labute approximate surface area is 105 Å². The summed E-state index contributed by atoms with van der Waals surface area (Å²) in [4.78, 5) is 2.57. The molecule has 17 heavy (non-hydrogen) atoms. The Kier molecular flexibility index (Phi) is 3.04. The Balaban J connectivity index is 1.74. The van der Waals surface area contributed by atoms with E-state index in [0.717, 1.165) is 23.7 Å². The van der Waals surface area contributed by atoms with Crippen molar-refractivity contribution >= 4 is 0 Å². The van der Waals surface area contributed by atoms with Crippen molar-refractivity contribution < 1.29 is 5.11 Å². The second-order valence-electron chi connectivity index (χ2n) is 6.57. The van der Waals surface area contributed by atoms with Crippen LogP contribution >= 0.6 is 0 Å². The number of nitrogens with zero attached hydrogens (tertiary/aromatic N) is 1. The molecule has 2 fully saturated rings.